The van der Waals surface area contributed by atoms with Gasteiger partial charge < -0.3 is 15.0 Å². The van der Waals surface area contributed by atoms with Crippen molar-refractivity contribution in [2.45, 2.75) is 46.3 Å². The summed E-state index contributed by atoms with van der Waals surface area (Å²) >= 11 is 0. The van der Waals surface area contributed by atoms with E-state index < -0.39 is 12.7 Å². The Hall–Kier alpha value is -2.02. The van der Waals surface area contributed by atoms with Crippen LogP contribution in [-0.4, -0.2) is 42.5 Å². The minimum absolute atomic E-state index is 0.0660. The molecule has 25 heavy (non-hydrogen) atoms. The largest absolute Gasteiger partial charge is 0.345 e. The first-order chi connectivity index (χ1) is 11.8. The van der Waals surface area contributed by atoms with Gasteiger partial charge in [0.25, 0.3) is 5.91 Å². The number of likely N-dealkylation sites (tertiary alicyclic amines) is 1. The lowest BCUT2D eigenvalue weighted by molar-refractivity contribution is -0.158. The fourth-order valence-corrected chi connectivity index (χ4v) is 2.86. The summed E-state index contributed by atoms with van der Waals surface area (Å²) in [5.41, 5.74) is 1.92. The summed E-state index contributed by atoms with van der Waals surface area (Å²) in [4.78, 5) is 25.9. The fraction of sp³-hybridized carbons (Fsp3) is 0.556. The highest BCUT2D eigenvalue weighted by Crippen LogP contribution is 2.22. The molecular formula is C18H24F2N2O3. The molecule has 0 spiro atoms. The lowest BCUT2D eigenvalue weighted by atomic mass is 10.1. The Labute approximate surface area is 146 Å². The molecule has 1 N–H and O–H groups in total. The first-order valence-corrected chi connectivity index (χ1v) is 8.39. The van der Waals surface area contributed by atoms with Crippen molar-refractivity contribution in [1.82, 2.24) is 4.90 Å². The Morgan fingerprint density at radius 2 is 2.08 bits per heavy atom. The highest BCUT2D eigenvalue weighted by Gasteiger charge is 2.29. The van der Waals surface area contributed by atoms with Gasteiger partial charge >= 0.3 is 6.61 Å². The number of benzene rings is 1. The minimum Gasteiger partial charge on any atom is -0.336 e. The van der Waals surface area contributed by atoms with Gasteiger partial charge in [0.1, 0.15) is 0 Å². The molecule has 0 radical (unpaired) electrons. The highest BCUT2D eigenvalue weighted by atomic mass is 19.3. The summed E-state index contributed by atoms with van der Waals surface area (Å²) < 4.78 is 29.0. The molecule has 2 amide bonds. The molecular weight excluding hydrogens is 330 g/mol. The summed E-state index contributed by atoms with van der Waals surface area (Å²) in [6.07, 6.45) is 0.206. The van der Waals surface area contributed by atoms with Crippen molar-refractivity contribution in [2.75, 3.05) is 18.4 Å². The van der Waals surface area contributed by atoms with Crippen molar-refractivity contribution in [3.8, 4) is 0 Å². The van der Waals surface area contributed by atoms with Crippen molar-refractivity contribution < 1.29 is 23.1 Å². The number of rotatable bonds is 6. The standard InChI is InChI=1S/C18H24F2N2O3/c1-11(2)8-16(23)21-15-5-4-13(9-12(15)3)17(24)22-7-6-14(10-22)25-18(19)20/h4-5,9,11,14,18H,6-8,10H2,1-3H3,(H,21,23)/t14-/m0/s1. The number of carbonyl (C=O) groups excluding carboxylic acids is 2. The van der Waals surface area contributed by atoms with Gasteiger partial charge in [-0.1, -0.05) is 13.8 Å². The number of anilines is 1. The third kappa shape index (κ3) is 5.49. The van der Waals surface area contributed by atoms with E-state index in [0.717, 1.165) is 5.56 Å². The molecule has 1 saturated heterocycles. The first kappa shape index (κ1) is 19.3. The predicted molar refractivity (Wildman–Crippen MR) is 90.7 cm³/mol. The van der Waals surface area contributed by atoms with Crippen molar-refractivity contribution in [3.05, 3.63) is 29.3 Å². The number of nitrogens with zero attached hydrogens (tertiary/aromatic N) is 1. The van der Waals surface area contributed by atoms with Crippen molar-refractivity contribution >= 4 is 17.5 Å². The average Bonchev–Trinajstić information content (AvgIpc) is 2.95. The van der Waals surface area contributed by atoms with Crippen LogP contribution in [0.1, 0.15) is 42.6 Å². The second-order valence-corrected chi connectivity index (χ2v) is 6.73. The molecule has 7 heteroatoms. The average molecular weight is 354 g/mol. The number of ether oxygens (including phenoxy) is 1. The van der Waals surface area contributed by atoms with Gasteiger partial charge in [0, 0.05) is 30.8 Å². The lowest BCUT2D eigenvalue weighted by Crippen LogP contribution is -2.30. The zero-order valence-electron chi connectivity index (χ0n) is 14.7. The number of alkyl halides is 2. The predicted octanol–water partition coefficient (Wildman–Crippen LogP) is 3.43. The van der Waals surface area contributed by atoms with E-state index in [9.17, 15) is 18.4 Å². The smallest absolute Gasteiger partial charge is 0.336 e. The highest BCUT2D eigenvalue weighted by molar-refractivity contribution is 5.96. The van der Waals surface area contributed by atoms with Crippen LogP contribution in [0, 0.1) is 12.8 Å². The van der Waals surface area contributed by atoms with Crippen LogP contribution in [0.2, 0.25) is 0 Å². The number of halogens is 2. The van der Waals surface area contributed by atoms with Crippen molar-refractivity contribution in [2.24, 2.45) is 5.92 Å². The maximum absolute atomic E-state index is 12.5. The van der Waals surface area contributed by atoms with Gasteiger partial charge in [0.05, 0.1) is 6.10 Å². The summed E-state index contributed by atoms with van der Waals surface area (Å²) in [6, 6.07) is 5.04. The second kappa shape index (κ2) is 8.38. The van der Waals surface area contributed by atoms with E-state index in [-0.39, 0.29) is 24.3 Å². The quantitative estimate of drug-likeness (QED) is 0.851. The van der Waals surface area contributed by atoms with Gasteiger partial charge in [-0.3, -0.25) is 9.59 Å². The molecule has 1 aliphatic rings. The van der Waals surface area contributed by atoms with Gasteiger partial charge in [-0.15, -0.1) is 0 Å². The van der Waals surface area contributed by atoms with Crippen LogP contribution in [0.25, 0.3) is 0 Å². The molecule has 0 saturated carbocycles. The Morgan fingerprint density at radius 3 is 2.68 bits per heavy atom. The molecule has 2 rings (SSSR count). The number of hydrogen-bond donors (Lipinski definition) is 1. The lowest BCUT2D eigenvalue weighted by Gasteiger charge is -2.18. The van der Waals surface area contributed by atoms with E-state index in [1.807, 2.05) is 20.8 Å². The van der Waals surface area contributed by atoms with Crippen LogP contribution in [0.4, 0.5) is 14.5 Å². The zero-order valence-corrected chi connectivity index (χ0v) is 14.7. The fourth-order valence-electron chi connectivity index (χ4n) is 2.86. The summed E-state index contributed by atoms with van der Waals surface area (Å²) in [5.74, 6) is -0.0213. The van der Waals surface area contributed by atoms with Crippen LogP contribution in [0.3, 0.4) is 0 Å². The van der Waals surface area contributed by atoms with Gasteiger partial charge in [0.2, 0.25) is 5.91 Å². The third-order valence-corrected chi connectivity index (χ3v) is 4.07. The Morgan fingerprint density at radius 1 is 1.36 bits per heavy atom. The van der Waals surface area contributed by atoms with Crippen LogP contribution in [-0.2, 0) is 9.53 Å². The minimum atomic E-state index is -2.82. The van der Waals surface area contributed by atoms with E-state index in [0.29, 0.717) is 30.6 Å². The number of hydrogen-bond acceptors (Lipinski definition) is 3. The molecule has 1 heterocycles. The molecule has 0 aliphatic carbocycles. The third-order valence-electron chi connectivity index (χ3n) is 4.07. The summed E-state index contributed by atoms with van der Waals surface area (Å²) in [7, 11) is 0. The van der Waals surface area contributed by atoms with Crippen molar-refractivity contribution in [3.63, 3.8) is 0 Å². The molecule has 1 fully saturated rings. The maximum Gasteiger partial charge on any atom is 0.345 e. The normalized spacial score (nSPS) is 17.4. The second-order valence-electron chi connectivity index (χ2n) is 6.73. The van der Waals surface area contributed by atoms with E-state index in [1.54, 1.807) is 18.2 Å². The van der Waals surface area contributed by atoms with Gasteiger partial charge in [-0.25, -0.2) is 0 Å². The van der Waals surface area contributed by atoms with Gasteiger partial charge in [-0.05, 0) is 43.0 Å². The van der Waals surface area contributed by atoms with Crippen LogP contribution in [0.5, 0.6) is 0 Å². The molecule has 138 valence electrons. The molecule has 0 unspecified atom stereocenters. The van der Waals surface area contributed by atoms with E-state index >= 15 is 0 Å². The monoisotopic (exact) mass is 354 g/mol. The van der Waals surface area contributed by atoms with E-state index in [4.69, 9.17) is 0 Å². The Balaban J connectivity index is 2.00. The number of nitrogens with one attached hydrogen (secondary N) is 1. The van der Waals surface area contributed by atoms with Gasteiger partial charge in [0.15, 0.2) is 0 Å². The molecule has 0 aromatic heterocycles. The van der Waals surface area contributed by atoms with Crippen molar-refractivity contribution in [1.29, 1.82) is 0 Å². The summed E-state index contributed by atoms with van der Waals surface area (Å²) in [6.45, 7) is 3.48. The van der Waals surface area contributed by atoms with E-state index in [2.05, 4.69) is 10.1 Å². The molecule has 1 atom stereocenters. The number of carbonyl (C=O) groups is 2. The molecule has 1 aliphatic heterocycles. The maximum atomic E-state index is 12.5. The first-order valence-electron chi connectivity index (χ1n) is 8.39. The topological polar surface area (TPSA) is 58.6 Å². The molecule has 1 aromatic carbocycles. The Bertz CT molecular complexity index is 635. The van der Waals surface area contributed by atoms with Crippen LogP contribution in [0.15, 0.2) is 18.2 Å². The van der Waals surface area contributed by atoms with Crippen LogP contribution < -0.4 is 5.32 Å². The number of amides is 2. The molecule has 1 aromatic rings. The Kier molecular flexibility index (Phi) is 6.47. The SMILES string of the molecule is Cc1cc(C(=O)N2CC[C@H](OC(F)F)C2)ccc1NC(=O)CC(C)C. The molecule has 5 nitrogen and oxygen atoms in total. The zero-order chi connectivity index (χ0) is 18.6. The van der Waals surface area contributed by atoms with Gasteiger partial charge in [-0.2, -0.15) is 8.78 Å². The summed E-state index contributed by atoms with van der Waals surface area (Å²) in [5, 5.41) is 2.84. The number of aryl methyl sites for hydroxylation is 1. The molecule has 0 bridgehead atoms. The van der Waals surface area contributed by atoms with Crippen LogP contribution >= 0.6 is 0 Å². The van der Waals surface area contributed by atoms with E-state index in [1.165, 1.54) is 4.90 Å².